The van der Waals surface area contributed by atoms with Gasteiger partial charge in [0.2, 0.25) is 0 Å². The lowest BCUT2D eigenvalue weighted by Gasteiger charge is -2.22. The van der Waals surface area contributed by atoms with E-state index in [4.69, 9.17) is 17.3 Å². The van der Waals surface area contributed by atoms with Gasteiger partial charge in [0.1, 0.15) is 0 Å². The topological polar surface area (TPSA) is 55.0 Å². The summed E-state index contributed by atoms with van der Waals surface area (Å²) in [5, 5.41) is 9.22. The van der Waals surface area contributed by atoms with Crippen LogP contribution in [0, 0.1) is 13.8 Å². The van der Waals surface area contributed by atoms with E-state index in [1.807, 2.05) is 50.1 Å². The highest BCUT2D eigenvalue weighted by Crippen LogP contribution is 2.22. The van der Waals surface area contributed by atoms with Crippen LogP contribution in [0.25, 0.3) is 0 Å². The molecule has 0 aliphatic carbocycles. The number of halogens is 1. The highest BCUT2D eigenvalue weighted by Gasteiger charge is 2.13. The molecular weight excluding hydrogens is 272 g/mol. The van der Waals surface area contributed by atoms with Crippen LogP contribution in [0.5, 0.6) is 0 Å². The van der Waals surface area contributed by atoms with E-state index in [9.17, 15) is 0 Å². The van der Waals surface area contributed by atoms with Gasteiger partial charge in [-0.3, -0.25) is 0 Å². The minimum atomic E-state index is 0.456. The Morgan fingerprint density at radius 2 is 2.00 bits per heavy atom. The largest absolute Gasteiger partial charge is 0.354 e. The number of aryl methyl sites for hydroxylation is 1. The molecule has 0 bridgehead atoms. The first-order valence-corrected chi connectivity index (χ1v) is 6.89. The Hall–Kier alpha value is -1.65. The van der Waals surface area contributed by atoms with Crippen molar-refractivity contribution >= 4 is 17.4 Å². The number of nitrogens with two attached hydrogens (primary N) is 1. The normalized spacial score (nSPS) is 10.7. The number of hydrogen-bond donors (Lipinski definition) is 1. The maximum atomic E-state index is 6.01. The minimum Gasteiger partial charge on any atom is -0.354 e. The summed E-state index contributed by atoms with van der Waals surface area (Å²) in [7, 11) is 1.98. The van der Waals surface area contributed by atoms with E-state index < -0.39 is 0 Å². The quantitative estimate of drug-likeness (QED) is 0.941. The molecule has 0 saturated carbocycles. The molecule has 2 aromatic rings. The van der Waals surface area contributed by atoms with Crippen LogP contribution in [0.3, 0.4) is 0 Å². The summed E-state index contributed by atoms with van der Waals surface area (Å²) >= 11 is 6.01. The lowest BCUT2D eigenvalue weighted by atomic mass is 10.1. The molecule has 0 unspecified atom stereocenters. The molecular formula is C15H19ClN4. The molecule has 0 spiro atoms. The second-order valence-corrected chi connectivity index (χ2v) is 5.34. The van der Waals surface area contributed by atoms with Crippen molar-refractivity contribution in [2.24, 2.45) is 5.73 Å². The third-order valence-corrected chi connectivity index (χ3v) is 3.67. The SMILES string of the molecule is Cc1nnc(N(C)Cc2cccc(Cl)c2)c(CN)c1C. The number of hydrogen-bond acceptors (Lipinski definition) is 4. The molecule has 20 heavy (non-hydrogen) atoms. The van der Waals surface area contributed by atoms with Crippen molar-refractivity contribution in [3.63, 3.8) is 0 Å². The van der Waals surface area contributed by atoms with E-state index in [0.29, 0.717) is 13.1 Å². The highest BCUT2D eigenvalue weighted by molar-refractivity contribution is 6.30. The Balaban J connectivity index is 2.29. The third-order valence-electron chi connectivity index (χ3n) is 3.43. The van der Waals surface area contributed by atoms with Gasteiger partial charge in [-0.2, -0.15) is 5.10 Å². The van der Waals surface area contributed by atoms with Gasteiger partial charge >= 0.3 is 0 Å². The van der Waals surface area contributed by atoms with E-state index in [0.717, 1.165) is 33.2 Å². The second kappa shape index (κ2) is 6.20. The number of benzene rings is 1. The van der Waals surface area contributed by atoms with Gasteiger partial charge in [-0.05, 0) is 37.1 Å². The molecule has 2 N–H and O–H groups in total. The standard InChI is InChI=1S/C15H19ClN4/c1-10-11(2)18-19-15(14(10)8-17)20(3)9-12-5-4-6-13(16)7-12/h4-7H,8-9,17H2,1-3H3. The Morgan fingerprint density at radius 3 is 2.65 bits per heavy atom. The van der Waals surface area contributed by atoms with Crippen molar-refractivity contribution in [2.75, 3.05) is 11.9 Å². The van der Waals surface area contributed by atoms with E-state index in [1.54, 1.807) is 0 Å². The van der Waals surface area contributed by atoms with Crippen LogP contribution >= 0.6 is 11.6 Å². The van der Waals surface area contributed by atoms with Crippen molar-refractivity contribution in [1.82, 2.24) is 10.2 Å². The maximum Gasteiger partial charge on any atom is 0.156 e. The van der Waals surface area contributed by atoms with Crippen LogP contribution in [-0.2, 0) is 13.1 Å². The molecule has 0 amide bonds. The van der Waals surface area contributed by atoms with Crippen molar-refractivity contribution in [2.45, 2.75) is 26.9 Å². The van der Waals surface area contributed by atoms with Gasteiger partial charge in [0.15, 0.2) is 5.82 Å². The number of nitrogens with zero attached hydrogens (tertiary/aromatic N) is 3. The molecule has 0 atom stereocenters. The summed E-state index contributed by atoms with van der Waals surface area (Å²) in [6, 6.07) is 7.81. The van der Waals surface area contributed by atoms with Crippen molar-refractivity contribution < 1.29 is 0 Å². The number of anilines is 1. The van der Waals surface area contributed by atoms with Crippen molar-refractivity contribution in [1.29, 1.82) is 0 Å². The van der Waals surface area contributed by atoms with Gasteiger partial charge in [-0.15, -0.1) is 5.10 Å². The van der Waals surface area contributed by atoms with Crippen LogP contribution in [-0.4, -0.2) is 17.2 Å². The Bertz CT molecular complexity index is 613. The average Bonchev–Trinajstić information content (AvgIpc) is 2.41. The first-order valence-electron chi connectivity index (χ1n) is 6.51. The van der Waals surface area contributed by atoms with Gasteiger partial charge in [0, 0.05) is 30.7 Å². The summed E-state index contributed by atoms with van der Waals surface area (Å²) in [6.45, 7) is 5.15. The molecule has 1 aromatic heterocycles. The van der Waals surface area contributed by atoms with E-state index >= 15 is 0 Å². The summed E-state index contributed by atoms with van der Waals surface area (Å²) in [4.78, 5) is 2.05. The summed E-state index contributed by atoms with van der Waals surface area (Å²) in [5.41, 5.74) is 10.1. The minimum absolute atomic E-state index is 0.456. The average molecular weight is 291 g/mol. The first-order chi connectivity index (χ1) is 9.52. The van der Waals surface area contributed by atoms with Crippen LogP contribution in [0.2, 0.25) is 5.02 Å². The molecule has 2 rings (SSSR count). The molecule has 5 heteroatoms. The van der Waals surface area contributed by atoms with Crippen LogP contribution in [0.1, 0.15) is 22.4 Å². The number of rotatable bonds is 4. The van der Waals surface area contributed by atoms with Crippen LogP contribution < -0.4 is 10.6 Å². The molecule has 1 heterocycles. The molecule has 0 aliphatic heterocycles. The fourth-order valence-electron chi connectivity index (χ4n) is 2.18. The summed E-state index contributed by atoms with van der Waals surface area (Å²) in [5.74, 6) is 0.829. The van der Waals surface area contributed by atoms with Crippen molar-refractivity contribution in [3.05, 3.63) is 51.7 Å². The van der Waals surface area contributed by atoms with Crippen LogP contribution in [0.4, 0.5) is 5.82 Å². The lowest BCUT2D eigenvalue weighted by molar-refractivity contribution is 0.823. The Labute approximate surface area is 124 Å². The van der Waals surface area contributed by atoms with Gasteiger partial charge in [-0.25, -0.2) is 0 Å². The fraction of sp³-hybridized carbons (Fsp3) is 0.333. The predicted molar refractivity (Wildman–Crippen MR) is 83.0 cm³/mol. The van der Waals surface area contributed by atoms with E-state index in [1.165, 1.54) is 0 Å². The molecule has 0 radical (unpaired) electrons. The number of aromatic nitrogens is 2. The van der Waals surface area contributed by atoms with Crippen LogP contribution in [0.15, 0.2) is 24.3 Å². The highest BCUT2D eigenvalue weighted by atomic mass is 35.5. The zero-order valence-electron chi connectivity index (χ0n) is 12.0. The fourth-order valence-corrected chi connectivity index (χ4v) is 2.39. The van der Waals surface area contributed by atoms with E-state index in [-0.39, 0.29) is 0 Å². The first kappa shape index (κ1) is 14.8. The van der Waals surface area contributed by atoms with Crippen molar-refractivity contribution in [3.8, 4) is 0 Å². The van der Waals surface area contributed by atoms with Gasteiger partial charge in [0.25, 0.3) is 0 Å². The zero-order chi connectivity index (χ0) is 14.7. The molecule has 1 aromatic carbocycles. The zero-order valence-corrected chi connectivity index (χ0v) is 12.8. The lowest BCUT2D eigenvalue weighted by Crippen LogP contribution is -2.22. The van der Waals surface area contributed by atoms with Gasteiger partial charge < -0.3 is 10.6 Å². The molecule has 0 saturated heterocycles. The molecule has 0 aliphatic rings. The van der Waals surface area contributed by atoms with E-state index in [2.05, 4.69) is 10.2 Å². The Morgan fingerprint density at radius 1 is 1.25 bits per heavy atom. The molecule has 4 nitrogen and oxygen atoms in total. The molecule has 106 valence electrons. The Kier molecular flexibility index (Phi) is 4.57. The second-order valence-electron chi connectivity index (χ2n) is 4.90. The monoisotopic (exact) mass is 290 g/mol. The smallest absolute Gasteiger partial charge is 0.156 e. The predicted octanol–water partition coefficient (Wildman–Crippen LogP) is 2.84. The maximum absolute atomic E-state index is 6.01. The van der Waals surface area contributed by atoms with Gasteiger partial charge in [-0.1, -0.05) is 23.7 Å². The van der Waals surface area contributed by atoms with Gasteiger partial charge in [0.05, 0.1) is 5.69 Å². The molecule has 0 fully saturated rings. The summed E-state index contributed by atoms with van der Waals surface area (Å²) in [6.07, 6.45) is 0. The third kappa shape index (κ3) is 3.08. The summed E-state index contributed by atoms with van der Waals surface area (Å²) < 4.78 is 0.